The van der Waals surface area contributed by atoms with E-state index in [1.54, 1.807) is 12.4 Å². The van der Waals surface area contributed by atoms with E-state index in [9.17, 15) is 10.1 Å². The van der Waals surface area contributed by atoms with Gasteiger partial charge in [0, 0.05) is 47.2 Å². The van der Waals surface area contributed by atoms with Crippen molar-refractivity contribution in [3.63, 3.8) is 0 Å². The number of pyridine rings is 1. The predicted octanol–water partition coefficient (Wildman–Crippen LogP) is 6.41. The lowest BCUT2D eigenvalue weighted by molar-refractivity contribution is 0.250. The number of rotatable bonds is 7. The molecule has 0 saturated heterocycles. The summed E-state index contributed by atoms with van der Waals surface area (Å²) in [5, 5.41) is 16.8. The Kier molecular flexibility index (Phi) is 6.59. The van der Waals surface area contributed by atoms with Crippen LogP contribution in [0.3, 0.4) is 0 Å². The topological polar surface area (TPSA) is 92.0 Å². The fourth-order valence-electron chi connectivity index (χ4n) is 4.59. The lowest BCUT2D eigenvalue weighted by Crippen LogP contribution is -2.34. The van der Waals surface area contributed by atoms with Crippen LogP contribution in [-0.4, -0.2) is 21.6 Å². The Balaban J connectivity index is 1.50. The summed E-state index contributed by atoms with van der Waals surface area (Å²) >= 11 is 0. The van der Waals surface area contributed by atoms with Gasteiger partial charge in [0.1, 0.15) is 18.4 Å². The number of carbonyl (C=O) groups is 1. The van der Waals surface area contributed by atoms with Gasteiger partial charge in [0.15, 0.2) is 0 Å². The molecule has 2 aromatic carbocycles. The molecular formula is C29H29N5O2. The average molecular weight is 480 g/mol. The average Bonchev–Trinajstić information content (AvgIpc) is 3.15. The third-order valence-electron chi connectivity index (χ3n) is 6.49. The Labute approximate surface area is 210 Å². The van der Waals surface area contributed by atoms with Gasteiger partial charge in [-0.3, -0.25) is 4.98 Å². The number of benzene rings is 2. The number of hydrogen-bond donors (Lipinski definition) is 2. The number of nitrogens with one attached hydrogen (secondary N) is 2. The first kappa shape index (κ1) is 23.4. The maximum Gasteiger partial charge on any atom is 0.319 e. The van der Waals surface area contributed by atoms with Crippen LogP contribution in [0.5, 0.6) is 5.75 Å². The normalized spacial score (nSPS) is 13.3. The molecule has 0 bridgehead atoms. The van der Waals surface area contributed by atoms with E-state index in [1.807, 2.05) is 68.4 Å². The van der Waals surface area contributed by atoms with Gasteiger partial charge in [-0.1, -0.05) is 18.2 Å². The van der Waals surface area contributed by atoms with Crippen LogP contribution in [-0.2, 0) is 6.61 Å². The maximum atomic E-state index is 12.1. The van der Waals surface area contributed by atoms with Crippen molar-refractivity contribution in [2.45, 2.75) is 51.8 Å². The largest absolute Gasteiger partial charge is 0.489 e. The molecule has 2 amide bonds. The van der Waals surface area contributed by atoms with Gasteiger partial charge in [-0.15, -0.1) is 0 Å². The van der Waals surface area contributed by atoms with E-state index in [4.69, 9.17) is 4.74 Å². The quantitative estimate of drug-likeness (QED) is 0.320. The molecule has 0 atom stereocenters. The molecule has 2 aromatic heterocycles. The molecule has 1 aliphatic carbocycles. The Bertz CT molecular complexity index is 1410. The Morgan fingerprint density at radius 2 is 2.00 bits per heavy atom. The molecule has 2 N–H and O–H groups in total. The Morgan fingerprint density at radius 1 is 1.19 bits per heavy atom. The van der Waals surface area contributed by atoms with Crippen molar-refractivity contribution in [3.8, 4) is 23.1 Å². The monoisotopic (exact) mass is 479 g/mol. The van der Waals surface area contributed by atoms with Crippen LogP contribution in [0.2, 0.25) is 0 Å². The lowest BCUT2D eigenvalue weighted by atomic mass is 9.92. The number of aromatic nitrogens is 2. The van der Waals surface area contributed by atoms with Crippen molar-refractivity contribution in [1.82, 2.24) is 14.9 Å². The smallest absolute Gasteiger partial charge is 0.319 e. The molecule has 1 fully saturated rings. The highest BCUT2D eigenvalue weighted by Crippen LogP contribution is 2.43. The highest BCUT2D eigenvalue weighted by Gasteiger charge is 2.28. The first-order chi connectivity index (χ1) is 17.5. The predicted molar refractivity (Wildman–Crippen MR) is 141 cm³/mol. The van der Waals surface area contributed by atoms with Gasteiger partial charge in [0.25, 0.3) is 0 Å². The molecule has 7 heteroatoms. The SMILES string of the molecule is CC(C)NC(=O)Nc1ccc(-c2c(C#N)c3ccc(OCc4cccnc4)cc3n2C2CCC2)cc1. The zero-order valence-electron chi connectivity index (χ0n) is 20.5. The van der Waals surface area contributed by atoms with Crippen molar-refractivity contribution in [2.75, 3.05) is 5.32 Å². The fourth-order valence-corrected chi connectivity index (χ4v) is 4.59. The molecule has 4 aromatic rings. The van der Waals surface area contributed by atoms with Gasteiger partial charge in [-0.2, -0.15) is 5.26 Å². The summed E-state index contributed by atoms with van der Waals surface area (Å²) in [5.74, 6) is 0.760. The van der Waals surface area contributed by atoms with Gasteiger partial charge in [-0.05, 0) is 69.0 Å². The van der Waals surface area contributed by atoms with Gasteiger partial charge >= 0.3 is 6.03 Å². The molecule has 0 aliphatic heterocycles. The third kappa shape index (κ3) is 4.76. The molecule has 2 heterocycles. The van der Waals surface area contributed by atoms with Crippen LogP contribution in [0, 0.1) is 11.3 Å². The zero-order chi connectivity index (χ0) is 25.1. The van der Waals surface area contributed by atoms with Gasteiger partial charge in [0.05, 0.1) is 16.8 Å². The standard InChI is InChI=1S/C29H29N5O2/c1-19(2)32-29(35)33-22-10-8-21(9-11-22)28-26(16-30)25-13-12-24(36-18-20-5-4-14-31-17-20)15-27(25)34(28)23-6-3-7-23/h4-5,8-15,17,19,23H,3,6-7,18H2,1-2H3,(H2,32,33,35). The highest BCUT2D eigenvalue weighted by atomic mass is 16.5. The first-order valence-electron chi connectivity index (χ1n) is 12.3. The molecular weight excluding hydrogens is 450 g/mol. The third-order valence-corrected chi connectivity index (χ3v) is 6.49. The second kappa shape index (κ2) is 10.1. The molecule has 0 radical (unpaired) electrons. The number of ether oxygens (including phenoxy) is 1. The van der Waals surface area contributed by atoms with Crippen LogP contribution < -0.4 is 15.4 Å². The number of urea groups is 1. The summed E-state index contributed by atoms with van der Waals surface area (Å²) in [6.45, 7) is 4.27. The number of nitrogens with zero attached hydrogens (tertiary/aromatic N) is 3. The maximum absolute atomic E-state index is 12.1. The molecule has 1 saturated carbocycles. The minimum absolute atomic E-state index is 0.0545. The van der Waals surface area contributed by atoms with Gasteiger partial charge in [0.2, 0.25) is 0 Å². The van der Waals surface area contributed by atoms with Crippen LogP contribution in [0.1, 0.15) is 50.3 Å². The van der Waals surface area contributed by atoms with Crippen molar-refractivity contribution in [3.05, 3.63) is 78.1 Å². The van der Waals surface area contributed by atoms with Crippen LogP contribution in [0.4, 0.5) is 10.5 Å². The number of hydrogen-bond acceptors (Lipinski definition) is 4. The molecule has 182 valence electrons. The number of fused-ring (bicyclic) bond motifs is 1. The number of nitriles is 1. The van der Waals surface area contributed by atoms with Crippen molar-refractivity contribution in [1.29, 1.82) is 5.26 Å². The molecule has 0 spiro atoms. The van der Waals surface area contributed by atoms with E-state index in [0.29, 0.717) is 23.9 Å². The Hall–Kier alpha value is -4.31. The lowest BCUT2D eigenvalue weighted by Gasteiger charge is -2.30. The molecule has 5 rings (SSSR count). The summed E-state index contributed by atoms with van der Waals surface area (Å²) in [4.78, 5) is 16.2. The number of anilines is 1. The van der Waals surface area contributed by atoms with E-state index in [-0.39, 0.29) is 12.1 Å². The zero-order valence-corrected chi connectivity index (χ0v) is 20.5. The van der Waals surface area contributed by atoms with Crippen LogP contribution in [0.15, 0.2) is 67.0 Å². The number of amides is 2. The van der Waals surface area contributed by atoms with E-state index in [0.717, 1.165) is 46.3 Å². The molecule has 1 aliphatic rings. The van der Waals surface area contributed by atoms with E-state index < -0.39 is 0 Å². The van der Waals surface area contributed by atoms with Crippen molar-refractivity contribution in [2.24, 2.45) is 0 Å². The van der Waals surface area contributed by atoms with Crippen molar-refractivity contribution < 1.29 is 9.53 Å². The molecule has 7 nitrogen and oxygen atoms in total. The van der Waals surface area contributed by atoms with E-state index in [2.05, 4.69) is 26.3 Å². The van der Waals surface area contributed by atoms with Crippen LogP contribution in [0.25, 0.3) is 22.2 Å². The molecule has 36 heavy (non-hydrogen) atoms. The summed E-state index contributed by atoms with van der Waals surface area (Å²) in [6, 6.07) is 20.1. The summed E-state index contributed by atoms with van der Waals surface area (Å²) < 4.78 is 8.38. The summed E-state index contributed by atoms with van der Waals surface area (Å²) in [7, 11) is 0. The minimum Gasteiger partial charge on any atom is -0.489 e. The van der Waals surface area contributed by atoms with E-state index >= 15 is 0 Å². The van der Waals surface area contributed by atoms with Gasteiger partial charge in [-0.25, -0.2) is 4.79 Å². The second-order valence-corrected chi connectivity index (χ2v) is 9.45. The van der Waals surface area contributed by atoms with Crippen molar-refractivity contribution >= 4 is 22.6 Å². The summed E-state index contributed by atoms with van der Waals surface area (Å²) in [6.07, 6.45) is 6.88. The minimum atomic E-state index is -0.238. The summed E-state index contributed by atoms with van der Waals surface area (Å²) in [5.41, 5.74) is 5.23. The van der Waals surface area contributed by atoms with Crippen LogP contribution >= 0.6 is 0 Å². The molecule has 0 unspecified atom stereocenters. The highest BCUT2D eigenvalue weighted by molar-refractivity contribution is 5.96. The first-order valence-corrected chi connectivity index (χ1v) is 12.3. The number of carbonyl (C=O) groups excluding carboxylic acids is 1. The van der Waals surface area contributed by atoms with Gasteiger partial charge < -0.3 is 19.9 Å². The Morgan fingerprint density at radius 3 is 2.64 bits per heavy atom. The van der Waals surface area contributed by atoms with E-state index in [1.165, 1.54) is 6.42 Å². The second-order valence-electron chi connectivity index (χ2n) is 9.45. The fraction of sp³-hybridized carbons (Fsp3) is 0.276.